The molecule has 0 unspecified atom stereocenters. The van der Waals surface area contributed by atoms with Crippen molar-refractivity contribution in [1.82, 2.24) is 5.32 Å². The summed E-state index contributed by atoms with van der Waals surface area (Å²) in [5, 5.41) is 14.1. The normalized spacial score (nSPS) is 11.6. The Bertz CT molecular complexity index is 450. The Morgan fingerprint density at radius 1 is 1.47 bits per heavy atom. The number of nitro benzene ring substituents is 1. The van der Waals surface area contributed by atoms with Crippen molar-refractivity contribution in [3.05, 3.63) is 38.3 Å². The third-order valence-corrected chi connectivity index (χ3v) is 3.13. The Hall–Kier alpha value is -0.980. The number of hydrogen-bond donors (Lipinski definition) is 1. The molecule has 0 heterocycles. The predicted octanol–water partition coefficient (Wildman–Crippen LogP) is 3.26. The van der Waals surface area contributed by atoms with Crippen LogP contribution in [0.3, 0.4) is 0 Å². The van der Waals surface area contributed by atoms with E-state index in [9.17, 15) is 10.1 Å². The van der Waals surface area contributed by atoms with Gasteiger partial charge in [0.15, 0.2) is 0 Å². The van der Waals surface area contributed by atoms with Crippen molar-refractivity contribution in [3.8, 4) is 0 Å². The maximum Gasteiger partial charge on any atom is 0.273 e. The molecule has 0 saturated heterocycles. The van der Waals surface area contributed by atoms with Crippen molar-refractivity contribution in [2.24, 2.45) is 0 Å². The molecule has 0 radical (unpaired) electrons. The summed E-state index contributed by atoms with van der Waals surface area (Å²) < 4.78 is 6.40. The molecule has 0 amide bonds. The topological polar surface area (TPSA) is 64.4 Å². The third-order valence-electron chi connectivity index (χ3n) is 2.64. The molecule has 0 saturated carbocycles. The molecule has 1 N–H and O–H groups in total. The molecule has 0 aliphatic carbocycles. The van der Waals surface area contributed by atoms with Crippen LogP contribution in [0.15, 0.2) is 22.7 Å². The molecule has 0 atom stereocenters. The van der Waals surface area contributed by atoms with Crippen molar-refractivity contribution in [3.63, 3.8) is 0 Å². The van der Waals surface area contributed by atoms with Crippen LogP contribution >= 0.6 is 15.9 Å². The van der Waals surface area contributed by atoms with E-state index < -0.39 is 0 Å². The number of nitrogens with one attached hydrogen (secondary N) is 1. The van der Waals surface area contributed by atoms with E-state index >= 15 is 0 Å². The molecular weight excluding hydrogens is 312 g/mol. The molecule has 0 aliphatic rings. The van der Waals surface area contributed by atoms with E-state index in [1.54, 1.807) is 12.1 Å². The summed E-state index contributed by atoms with van der Waals surface area (Å²) in [5.74, 6) is 0. The monoisotopic (exact) mass is 330 g/mol. The van der Waals surface area contributed by atoms with Gasteiger partial charge < -0.3 is 10.1 Å². The molecule has 1 aromatic carbocycles. The fourth-order valence-electron chi connectivity index (χ4n) is 1.81. The average Bonchev–Trinajstić information content (AvgIpc) is 2.28. The maximum atomic E-state index is 10.9. The molecule has 1 rings (SSSR count). The molecular formula is C13H19BrN2O3. The molecule has 0 aromatic heterocycles. The molecule has 0 bridgehead atoms. The maximum absolute atomic E-state index is 10.9. The fraction of sp³-hybridized carbons (Fsp3) is 0.538. The second-order valence-electron chi connectivity index (χ2n) is 4.83. The summed E-state index contributed by atoms with van der Waals surface area (Å²) in [4.78, 5) is 10.6. The molecule has 6 heteroatoms. The molecule has 0 fully saturated rings. The quantitative estimate of drug-likeness (QED) is 0.615. The molecule has 0 aliphatic heterocycles. The van der Waals surface area contributed by atoms with Crippen molar-refractivity contribution in [2.45, 2.75) is 32.9 Å². The van der Waals surface area contributed by atoms with Crippen molar-refractivity contribution in [1.29, 1.82) is 0 Å². The van der Waals surface area contributed by atoms with Crippen LogP contribution in [-0.2, 0) is 11.3 Å². The van der Waals surface area contributed by atoms with E-state index in [1.807, 2.05) is 20.8 Å². The highest BCUT2D eigenvalue weighted by Gasteiger charge is 2.18. The van der Waals surface area contributed by atoms with Crippen LogP contribution in [-0.4, -0.2) is 23.7 Å². The second kappa shape index (κ2) is 6.98. The van der Waals surface area contributed by atoms with Gasteiger partial charge in [0.1, 0.15) is 0 Å². The smallest absolute Gasteiger partial charge is 0.273 e. The van der Waals surface area contributed by atoms with Crippen LogP contribution in [0.5, 0.6) is 0 Å². The van der Waals surface area contributed by atoms with Crippen molar-refractivity contribution >= 4 is 21.6 Å². The summed E-state index contributed by atoms with van der Waals surface area (Å²) in [6, 6.07) is 4.94. The summed E-state index contributed by atoms with van der Waals surface area (Å²) >= 11 is 3.33. The van der Waals surface area contributed by atoms with Gasteiger partial charge in [-0.05, 0) is 32.9 Å². The van der Waals surface area contributed by atoms with Crippen LogP contribution in [0.4, 0.5) is 5.69 Å². The van der Waals surface area contributed by atoms with E-state index in [-0.39, 0.29) is 16.2 Å². The second-order valence-corrected chi connectivity index (χ2v) is 5.74. The highest BCUT2D eigenvalue weighted by molar-refractivity contribution is 9.10. The summed E-state index contributed by atoms with van der Waals surface area (Å²) in [6.07, 6.45) is 0. The highest BCUT2D eigenvalue weighted by Crippen LogP contribution is 2.23. The van der Waals surface area contributed by atoms with Gasteiger partial charge in [-0.2, -0.15) is 0 Å². The lowest BCUT2D eigenvalue weighted by Crippen LogP contribution is -2.37. The van der Waals surface area contributed by atoms with Crippen LogP contribution in [0.2, 0.25) is 0 Å². The number of nitro groups is 1. The predicted molar refractivity (Wildman–Crippen MR) is 78.2 cm³/mol. The van der Waals surface area contributed by atoms with Gasteiger partial charge in [0, 0.05) is 35.8 Å². The summed E-state index contributed by atoms with van der Waals surface area (Å²) in [5.41, 5.74) is 0.506. The SMILES string of the molecule is CCOC(C)(C)CNCc1cc(Br)ccc1[N+](=O)[O-]. The summed E-state index contributed by atoms with van der Waals surface area (Å²) in [6.45, 7) is 7.63. The first-order valence-electron chi connectivity index (χ1n) is 6.13. The number of ether oxygens (including phenoxy) is 1. The molecule has 5 nitrogen and oxygen atoms in total. The lowest BCUT2D eigenvalue weighted by atomic mass is 10.1. The van der Waals surface area contributed by atoms with Gasteiger partial charge in [-0.15, -0.1) is 0 Å². The zero-order valence-corrected chi connectivity index (χ0v) is 13.0. The molecule has 0 spiro atoms. The zero-order valence-electron chi connectivity index (χ0n) is 11.4. The number of hydrogen-bond acceptors (Lipinski definition) is 4. The highest BCUT2D eigenvalue weighted by atomic mass is 79.9. The fourth-order valence-corrected chi connectivity index (χ4v) is 2.22. The largest absolute Gasteiger partial charge is 0.375 e. The van der Waals surface area contributed by atoms with Crippen molar-refractivity contribution in [2.75, 3.05) is 13.2 Å². The molecule has 19 heavy (non-hydrogen) atoms. The first-order valence-corrected chi connectivity index (χ1v) is 6.92. The van der Waals surface area contributed by atoms with Gasteiger partial charge in [0.05, 0.1) is 10.5 Å². The Kier molecular flexibility index (Phi) is 5.90. The Labute approximate surface area is 121 Å². The molecule has 106 valence electrons. The van der Waals surface area contributed by atoms with E-state index in [2.05, 4.69) is 21.2 Å². The lowest BCUT2D eigenvalue weighted by molar-refractivity contribution is -0.385. The zero-order chi connectivity index (χ0) is 14.5. The van der Waals surface area contributed by atoms with Crippen LogP contribution in [0, 0.1) is 10.1 Å². The van der Waals surface area contributed by atoms with E-state index in [1.165, 1.54) is 6.07 Å². The van der Waals surface area contributed by atoms with Gasteiger partial charge in [0.2, 0.25) is 0 Å². The third kappa shape index (κ3) is 5.26. The average molecular weight is 331 g/mol. The van der Waals surface area contributed by atoms with Crippen LogP contribution in [0.1, 0.15) is 26.3 Å². The molecule has 1 aromatic rings. The standard InChI is InChI=1S/C13H19BrN2O3/c1-4-19-13(2,3)9-15-8-10-7-11(14)5-6-12(10)16(17)18/h5-7,15H,4,8-9H2,1-3H3. The van der Waals surface area contributed by atoms with Gasteiger partial charge in [-0.1, -0.05) is 15.9 Å². The minimum absolute atomic E-state index is 0.130. The van der Waals surface area contributed by atoms with Crippen LogP contribution < -0.4 is 5.32 Å². The van der Waals surface area contributed by atoms with E-state index in [0.29, 0.717) is 25.3 Å². The number of benzene rings is 1. The Morgan fingerprint density at radius 3 is 2.74 bits per heavy atom. The summed E-state index contributed by atoms with van der Waals surface area (Å²) in [7, 11) is 0. The Morgan fingerprint density at radius 2 is 2.16 bits per heavy atom. The number of rotatable bonds is 7. The van der Waals surface area contributed by atoms with E-state index in [0.717, 1.165) is 4.47 Å². The van der Waals surface area contributed by atoms with Gasteiger partial charge >= 0.3 is 0 Å². The van der Waals surface area contributed by atoms with E-state index in [4.69, 9.17) is 4.74 Å². The minimum Gasteiger partial charge on any atom is -0.375 e. The first kappa shape index (κ1) is 16.1. The van der Waals surface area contributed by atoms with Gasteiger partial charge in [-0.3, -0.25) is 10.1 Å². The van der Waals surface area contributed by atoms with Crippen molar-refractivity contribution < 1.29 is 9.66 Å². The van der Waals surface area contributed by atoms with Gasteiger partial charge in [-0.25, -0.2) is 0 Å². The van der Waals surface area contributed by atoms with Crippen LogP contribution in [0.25, 0.3) is 0 Å². The lowest BCUT2D eigenvalue weighted by Gasteiger charge is -2.25. The van der Waals surface area contributed by atoms with Gasteiger partial charge in [0.25, 0.3) is 5.69 Å². The number of nitrogens with zero attached hydrogens (tertiary/aromatic N) is 1. The first-order chi connectivity index (χ1) is 8.85. The number of halogens is 1. The Balaban J connectivity index is 2.67. The minimum atomic E-state index is -0.364.